The average molecular weight is 422 g/mol. The van der Waals surface area contributed by atoms with Gasteiger partial charge in [0.05, 0.1) is 27.7 Å². The number of para-hydroxylation sites is 1. The fourth-order valence-electron chi connectivity index (χ4n) is 4.22. The van der Waals surface area contributed by atoms with E-state index in [1.54, 1.807) is 30.5 Å². The summed E-state index contributed by atoms with van der Waals surface area (Å²) in [6, 6.07) is 16.1. The number of nitrogens with two attached hydrogens (primary N) is 1. The fraction of sp³-hybridized carbons (Fsp3) is 0.0400. The first-order valence-electron chi connectivity index (χ1n) is 9.97. The Balaban J connectivity index is 1.74. The zero-order valence-corrected chi connectivity index (χ0v) is 17.1. The summed E-state index contributed by atoms with van der Waals surface area (Å²) in [6.45, 7) is 1.93. The lowest BCUT2D eigenvalue weighted by Crippen LogP contribution is -2.20. The number of carbonyl (C=O) groups is 2. The van der Waals surface area contributed by atoms with E-state index in [0.717, 1.165) is 22.1 Å². The van der Waals surface area contributed by atoms with E-state index >= 15 is 0 Å². The molecule has 32 heavy (non-hydrogen) atoms. The van der Waals surface area contributed by atoms with Crippen molar-refractivity contribution in [2.24, 2.45) is 5.73 Å². The second-order valence-electron chi connectivity index (χ2n) is 7.52. The first-order chi connectivity index (χ1) is 15.5. The molecule has 0 unspecified atom stereocenters. The van der Waals surface area contributed by atoms with Crippen molar-refractivity contribution in [3.05, 3.63) is 94.2 Å². The third-order valence-electron chi connectivity index (χ3n) is 5.79. The maximum atomic E-state index is 13.2. The standard InChI is InChI=1S/C25H18N4O3/c1-14-16(17-8-9-19(24(26)31)23-18(17)10-11-27-23)5-3-7-21(14)29-13-28-22-15(12-30)4-2-6-20(22)25(29)32/h2-13,27H,1H3,(H2,26,31). The van der Waals surface area contributed by atoms with E-state index in [1.165, 1.54) is 10.9 Å². The van der Waals surface area contributed by atoms with E-state index in [-0.39, 0.29) is 5.56 Å². The van der Waals surface area contributed by atoms with Gasteiger partial charge in [-0.05, 0) is 53.9 Å². The topological polar surface area (TPSA) is 111 Å². The summed E-state index contributed by atoms with van der Waals surface area (Å²) in [5.74, 6) is -0.502. The molecule has 0 atom stereocenters. The summed E-state index contributed by atoms with van der Waals surface area (Å²) in [7, 11) is 0. The molecule has 0 spiro atoms. The maximum absolute atomic E-state index is 13.2. The highest BCUT2D eigenvalue weighted by atomic mass is 16.1. The van der Waals surface area contributed by atoms with Crippen molar-refractivity contribution in [2.45, 2.75) is 6.92 Å². The van der Waals surface area contributed by atoms with E-state index in [1.807, 2.05) is 37.3 Å². The number of hydrogen-bond acceptors (Lipinski definition) is 4. The van der Waals surface area contributed by atoms with Crippen LogP contribution in [0.5, 0.6) is 0 Å². The van der Waals surface area contributed by atoms with E-state index in [2.05, 4.69) is 9.97 Å². The summed E-state index contributed by atoms with van der Waals surface area (Å²) in [5, 5.41) is 1.24. The first kappa shape index (κ1) is 19.4. The predicted molar refractivity (Wildman–Crippen MR) is 123 cm³/mol. The van der Waals surface area contributed by atoms with Crippen LogP contribution < -0.4 is 11.3 Å². The van der Waals surface area contributed by atoms with Gasteiger partial charge in [0, 0.05) is 17.1 Å². The molecule has 0 radical (unpaired) electrons. The Morgan fingerprint density at radius 3 is 2.62 bits per heavy atom. The number of benzene rings is 3. The van der Waals surface area contributed by atoms with E-state index < -0.39 is 5.91 Å². The molecule has 0 aliphatic carbocycles. The summed E-state index contributed by atoms with van der Waals surface area (Å²) >= 11 is 0. The number of aldehydes is 1. The molecule has 7 nitrogen and oxygen atoms in total. The molecule has 0 saturated carbocycles. The number of nitrogens with one attached hydrogen (secondary N) is 1. The molecule has 0 aliphatic rings. The van der Waals surface area contributed by atoms with Crippen molar-refractivity contribution in [2.75, 3.05) is 0 Å². The van der Waals surface area contributed by atoms with Crippen LogP contribution in [0.1, 0.15) is 26.3 Å². The second kappa shape index (κ2) is 7.31. The molecule has 156 valence electrons. The van der Waals surface area contributed by atoms with Gasteiger partial charge in [0.15, 0.2) is 6.29 Å². The van der Waals surface area contributed by atoms with Crippen LogP contribution in [0.25, 0.3) is 38.6 Å². The molecule has 0 aliphatic heterocycles. The van der Waals surface area contributed by atoms with Crippen molar-refractivity contribution in [3.8, 4) is 16.8 Å². The highest BCUT2D eigenvalue weighted by molar-refractivity contribution is 6.09. The molecule has 3 aromatic carbocycles. The second-order valence-corrected chi connectivity index (χ2v) is 7.52. The molecule has 1 amide bonds. The molecule has 0 fully saturated rings. The minimum atomic E-state index is -0.502. The minimum Gasteiger partial charge on any atom is -0.366 e. The number of H-pyrrole nitrogens is 1. The van der Waals surface area contributed by atoms with Crippen LogP contribution in [0.3, 0.4) is 0 Å². The van der Waals surface area contributed by atoms with Crippen molar-refractivity contribution >= 4 is 34.0 Å². The lowest BCUT2D eigenvalue weighted by Gasteiger charge is -2.15. The van der Waals surface area contributed by atoms with Crippen molar-refractivity contribution in [1.82, 2.24) is 14.5 Å². The van der Waals surface area contributed by atoms with Crippen LogP contribution >= 0.6 is 0 Å². The van der Waals surface area contributed by atoms with Crippen molar-refractivity contribution < 1.29 is 9.59 Å². The smallest absolute Gasteiger partial charge is 0.265 e. The third-order valence-corrected chi connectivity index (χ3v) is 5.79. The number of amides is 1. The van der Waals surface area contributed by atoms with Gasteiger partial charge in [0.1, 0.15) is 6.33 Å². The SMILES string of the molecule is Cc1c(-c2ccc(C(N)=O)c3[nH]ccc23)cccc1-n1cnc2c(C=O)cccc2c1=O. The average Bonchev–Trinajstić information content (AvgIpc) is 3.29. The number of fused-ring (bicyclic) bond motifs is 2. The lowest BCUT2D eigenvalue weighted by molar-refractivity contribution is 0.100. The van der Waals surface area contributed by atoms with Gasteiger partial charge in [-0.3, -0.25) is 19.0 Å². The Hall–Kier alpha value is -4.52. The normalized spacial score (nSPS) is 11.2. The Morgan fingerprint density at radius 1 is 1.03 bits per heavy atom. The van der Waals surface area contributed by atoms with E-state index in [0.29, 0.717) is 39.5 Å². The fourth-order valence-corrected chi connectivity index (χ4v) is 4.22. The molecular formula is C25H18N4O3. The third kappa shape index (κ3) is 2.83. The molecular weight excluding hydrogens is 404 g/mol. The van der Waals surface area contributed by atoms with Crippen LogP contribution in [-0.2, 0) is 0 Å². The number of rotatable bonds is 4. The van der Waals surface area contributed by atoms with Crippen molar-refractivity contribution in [3.63, 3.8) is 0 Å². The zero-order valence-electron chi connectivity index (χ0n) is 17.1. The molecule has 0 saturated heterocycles. The van der Waals surface area contributed by atoms with Gasteiger partial charge < -0.3 is 10.7 Å². The van der Waals surface area contributed by atoms with Crippen LogP contribution in [0.2, 0.25) is 0 Å². The Morgan fingerprint density at radius 2 is 1.84 bits per heavy atom. The molecule has 2 aromatic heterocycles. The quantitative estimate of drug-likeness (QED) is 0.430. The molecule has 0 bridgehead atoms. The number of hydrogen-bond donors (Lipinski definition) is 2. The van der Waals surface area contributed by atoms with Gasteiger partial charge in [-0.25, -0.2) is 4.98 Å². The van der Waals surface area contributed by atoms with Gasteiger partial charge in [-0.1, -0.05) is 24.3 Å². The van der Waals surface area contributed by atoms with Crippen LogP contribution in [-0.4, -0.2) is 26.7 Å². The molecule has 7 heteroatoms. The minimum absolute atomic E-state index is 0.255. The van der Waals surface area contributed by atoms with Crippen LogP contribution in [0, 0.1) is 6.92 Å². The molecule has 5 rings (SSSR count). The van der Waals surface area contributed by atoms with Crippen molar-refractivity contribution in [1.29, 1.82) is 0 Å². The van der Waals surface area contributed by atoms with Gasteiger partial charge in [0.25, 0.3) is 11.5 Å². The summed E-state index contributed by atoms with van der Waals surface area (Å²) in [5.41, 5.74) is 10.5. The van der Waals surface area contributed by atoms with Crippen LogP contribution in [0.15, 0.2) is 71.9 Å². The van der Waals surface area contributed by atoms with Gasteiger partial charge in [-0.2, -0.15) is 0 Å². The monoisotopic (exact) mass is 422 g/mol. The number of aromatic amines is 1. The summed E-state index contributed by atoms with van der Waals surface area (Å²) < 4.78 is 1.49. The molecule has 3 N–H and O–H groups in total. The summed E-state index contributed by atoms with van der Waals surface area (Å²) in [6.07, 6.45) is 3.91. The number of primary amides is 1. The van der Waals surface area contributed by atoms with Gasteiger partial charge in [-0.15, -0.1) is 0 Å². The van der Waals surface area contributed by atoms with Gasteiger partial charge in [0.2, 0.25) is 0 Å². The highest BCUT2D eigenvalue weighted by Crippen LogP contribution is 2.34. The lowest BCUT2D eigenvalue weighted by atomic mass is 9.94. The summed E-state index contributed by atoms with van der Waals surface area (Å²) in [4.78, 5) is 43.8. The van der Waals surface area contributed by atoms with E-state index in [9.17, 15) is 14.4 Å². The number of aromatic nitrogens is 3. The number of carbonyl (C=O) groups excluding carboxylic acids is 2. The highest BCUT2D eigenvalue weighted by Gasteiger charge is 2.16. The predicted octanol–water partition coefficient (Wildman–Crippen LogP) is 3.75. The van der Waals surface area contributed by atoms with Crippen LogP contribution in [0.4, 0.5) is 0 Å². The zero-order chi connectivity index (χ0) is 22.4. The Labute approximate surface area is 182 Å². The Bertz CT molecular complexity index is 1610. The molecule has 2 heterocycles. The van der Waals surface area contributed by atoms with E-state index in [4.69, 9.17) is 5.73 Å². The maximum Gasteiger partial charge on any atom is 0.265 e. The number of nitrogens with zero attached hydrogens (tertiary/aromatic N) is 2. The van der Waals surface area contributed by atoms with Gasteiger partial charge >= 0.3 is 0 Å². The Kier molecular flexibility index (Phi) is 4.44. The first-order valence-corrected chi connectivity index (χ1v) is 9.97. The molecule has 5 aromatic rings. The largest absolute Gasteiger partial charge is 0.366 e.